The summed E-state index contributed by atoms with van der Waals surface area (Å²) in [7, 11) is 1.68. The zero-order valence-electron chi connectivity index (χ0n) is 13.9. The van der Waals surface area contributed by atoms with E-state index in [0.717, 1.165) is 11.4 Å². The molecule has 0 saturated heterocycles. The fourth-order valence-electron chi connectivity index (χ4n) is 2.11. The molecular weight excluding hydrogens is 356 g/mol. The minimum absolute atomic E-state index is 0.162. The average Bonchev–Trinajstić information content (AvgIpc) is 3.14. The molecule has 0 amide bonds. The van der Waals surface area contributed by atoms with Crippen LogP contribution in [-0.4, -0.2) is 21.4 Å². The highest BCUT2D eigenvalue weighted by Crippen LogP contribution is 2.22. The van der Waals surface area contributed by atoms with Crippen LogP contribution in [0.5, 0.6) is 5.75 Å². The molecule has 0 atom stereocenters. The Labute approximate surface area is 153 Å². The number of ether oxygens (including phenoxy) is 1. The molecule has 0 spiro atoms. The van der Waals surface area contributed by atoms with Crippen molar-refractivity contribution < 1.29 is 4.74 Å². The molecule has 25 heavy (non-hydrogen) atoms. The van der Waals surface area contributed by atoms with Gasteiger partial charge in [0.05, 0.1) is 6.61 Å². The Morgan fingerprint density at radius 3 is 2.72 bits per heavy atom. The largest absolute Gasteiger partial charge is 0.494 e. The Bertz CT molecular complexity index is 877. The second-order valence-electron chi connectivity index (χ2n) is 5.14. The van der Waals surface area contributed by atoms with Gasteiger partial charge in [0.1, 0.15) is 5.75 Å². The van der Waals surface area contributed by atoms with Crippen LogP contribution in [0.2, 0.25) is 0 Å². The number of nitrogens with zero attached hydrogens (tertiary/aromatic N) is 3. The van der Waals surface area contributed by atoms with Gasteiger partial charge in [-0.3, -0.25) is 9.36 Å². The zero-order chi connectivity index (χ0) is 17.6. The number of thiophene rings is 1. The van der Waals surface area contributed by atoms with Crippen molar-refractivity contribution in [2.75, 3.05) is 11.9 Å². The van der Waals surface area contributed by atoms with Gasteiger partial charge in [-0.2, -0.15) is 0 Å². The number of hydrogen-bond acceptors (Lipinski definition) is 7. The van der Waals surface area contributed by atoms with Crippen LogP contribution < -0.4 is 15.6 Å². The van der Waals surface area contributed by atoms with Gasteiger partial charge >= 0.3 is 0 Å². The van der Waals surface area contributed by atoms with Crippen molar-refractivity contribution in [1.82, 2.24) is 14.8 Å². The number of rotatable bonds is 7. The zero-order valence-corrected chi connectivity index (χ0v) is 15.6. The molecule has 2 heterocycles. The van der Waals surface area contributed by atoms with E-state index in [1.54, 1.807) is 18.4 Å². The molecule has 1 N–H and O–H groups in total. The summed E-state index contributed by atoms with van der Waals surface area (Å²) in [6.45, 7) is 2.56. The molecule has 0 aliphatic rings. The smallest absolute Gasteiger partial charge is 0.287 e. The fourth-order valence-corrected chi connectivity index (χ4v) is 3.78. The maximum Gasteiger partial charge on any atom is 0.287 e. The third-order valence-corrected chi connectivity index (χ3v) is 5.44. The van der Waals surface area contributed by atoms with Crippen LogP contribution in [0, 0.1) is 0 Å². The number of hydrogen-bond donors (Lipinski definition) is 1. The molecule has 3 rings (SSSR count). The number of benzene rings is 1. The predicted octanol–water partition coefficient (Wildman–Crippen LogP) is 3.67. The molecule has 0 fully saturated rings. The van der Waals surface area contributed by atoms with Crippen molar-refractivity contribution in [3.05, 3.63) is 57.0 Å². The molecule has 0 unspecified atom stereocenters. The average molecular weight is 374 g/mol. The normalized spacial score (nSPS) is 10.6. The summed E-state index contributed by atoms with van der Waals surface area (Å²) in [6, 6.07) is 11.5. The van der Waals surface area contributed by atoms with Gasteiger partial charge in [0.15, 0.2) is 5.03 Å². The molecule has 3 aromatic rings. The maximum absolute atomic E-state index is 12.5. The monoisotopic (exact) mass is 374 g/mol. The predicted molar refractivity (Wildman–Crippen MR) is 102 cm³/mol. The van der Waals surface area contributed by atoms with Gasteiger partial charge in [0.25, 0.3) is 5.56 Å². The molecule has 8 heteroatoms. The summed E-state index contributed by atoms with van der Waals surface area (Å²) in [5.74, 6) is 1.91. The van der Waals surface area contributed by atoms with E-state index in [1.165, 1.54) is 21.2 Å². The van der Waals surface area contributed by atoms with Crippen molar-refractivity contribution in [3.8, 4) is 5.75 Å². The Hall–Kier alpha value is -2.32. The third kappa shape index (κ3) is 4.40. The summed E-state index contributed by atoms with van der Waals surface area (Å²) in [4.78, 5) is 13.7. The van der Waals surface area contributed by atoms with E-state index in [4.69, 9.17) is 4.74 Å². The van der Waals surface area contributed by atoms with Crippen LogP contribution >= 0.6 is 23.1 Å². The van der Waals surface area contributed by atoms with Crippen molar-refractivity contribution >= 4 is 34.7 Å². The fraction of sp³-hybridized carbons (Fsp3) is 0.235. The maximum atomic E-state index is 12.5. The Morgan fingerprint density at radius 2 is 2.04 bits per heavy atom. The first-order valence-electron chi connectivity index (χ1n) is 7.76. The van der Waals surface area contributed by atoms with Crippen LogP contribution in [-0.2, 0) is 12.8 Å². The first-order chi connectivity index (χ1) is 12.2. The van der Waals surface area contributed by atoms with E-state index in [2.05, 4.69) is 15.5 Å². The molecule has 6 nitrogen and oxygen atoms in total. The first-order valence-corrected chi connectivity index (χ1v) is 9.62. The lowest BCUT2D eigenvalue weighted by Crippen LogP contribution is -2.24. The summed E-state index contributed by atoms with van der Waals surface area (Å²) in [5, 5.41) is 13.7. The summed E-state index contributed by atoms with van der Waals surface area (Å²) in [6.07, 6.45) is 0. The second kappa shape index (κ2) is 8.17. The molecule has 1 aromatic carbocycles. The number of nitrogens with one attached hydrogen (secondary N) is 1. The van der Waals surface area contributed by atoms with Gasteiger partial charge in [0.2, 0.25) is 5.95 Å². The summed E-state index contributed by atoms with van der Waals surface area (Å²) >= 11 is 3.06. The minimum atomic E-state index is -0.162. The van der Waals surface area contributed by atoms with Crippen molar-refractivity contribution in [1.29, 1.82) is 0 Å². The van der Waals surface area contributed by atoms with Crippen LogP contribution in [0.25, 0.3) is 0 Å². The number of thioether (sulfide) groups is 1. The third-order valence-electron chi connectivity index (χ3n) is 3.39. The van der Waals surface area contributed by atoms with Crippen molar-refractivity contribution in [2.45, 2.75) is 17.7 Å². The van der Waals surface area contributed by atoms with Gasteiger partial charge in [0, 0.05) is 23.4 Å². The minimum Gasteiger partial charge on any atom is -0.494 e. The van der Waals surface area contributed by atoms with Gasteiger partial charge < -0.3 is 10.1 Å². The molecule has 0 aliphatic heterocycles. The Morgan fingerprint density at radius 1 is 1.24 bits per heavy atom. The molecule has 0 radical (unpaired) electrons. The van der Waals surface area contributed by atoms with E-state index in [1.807, 2.05) is 48.7 Å². The van der Waals surface area contributed by atoms with Crippen LogP contribution in [0.4, 0.5) is 11.6 Å². The van der Waals surface area contributed by atoms with Crippen molar-refractivity contribution in [2.24, 2.45) is 7.05 Å². The lowest BCUT2D eigenvalue weighted by molar-refractivity contribution is 0.340. The number of aromatic nitrogens is 3. The molecule has 2 aromatic heterocycles. The standard InChI is InChI=1S/C17H18N4O2S2/c1-3-23-13-8-6-12(7-9-13)18-17-20-19-15(16(22)21(17)2)25-11-14-5-4-10-24-14/h4-10H,3,11H2,1-2H3,(H,18,20). The molecule has 0 saturated carbocycles. The highest BCUT2D eigenvalue weighted by Gasteiger charge is 2.10. The lowest BCUT2D eigenvalue weighted by Gasteiger charge is -2.10. The molecular formula is C17H18N4O2S2. The van der Waals surface area contributed by atoms with Gasteiger partial charge in [-0.15, -0.1) is 21.5 Å². The highest BCUT2D eigenvalue weighted by atomic mass is 32.2. The topological polar surface area (TPSA) is 69.0 Å². The van der Waals surface area contributed by atoms with Crippen LogP contribution in [0.3, 0.4) is 0 Å². The van der Waals surface area contributed by atoms with E-state index in [9.17, 15) is 4.79 Å². The quantitative estimate of drug-likeness (QED) is 0.637. The lowest BCUT2D eigenvalue weighted by atomic mass is 10.3. The first kappa shape index (κ1) is 17.5. The Balaban J connectivity index is 1.72. The highest BCUT2D eigenvalue weighted by molar-refractivity contribution is 7.98. The molecule has 0 aliphatic carbocycles. The summed E-state index contributed by atoms with van der Waals surface area (Å²) < 4.78 is 6.89. The van der Waals surface area contributed by atoms with Crippen LogP contribution in [0.15, 0.2) is 51.6 Å². The van der Waals surface area contributed by atoms with E-state index in [0.29, 0.717) is 23.3 Å². The molecule has 0 bridgehead atoms. The van der Waals surface area contributed by atoms with E-state index >= 15 is 0 Å². The van der Waals surface area contributed by atoms with Gasteiger partial charge in [-0.25, -0.2) is 0 Å². The number of anilines is 2. The van der Waals surface area contributed by atoms with E-state index < -0.39 is 0 Å². The van der Waals surface area contributed by atoms with Gasteiger partial charge in [-0.1, -0.05) is 17.8 Å². The summed E-state index contributed by atoms with van der Waals surface area (Å²) in [5.41, 5.74) is 0.650. The Kier molecular flexibility index (Phi) is 5.72. The molecule has 130 valence electrons. The second-order valence-corrected chi connectivity index (χ2v) is 7.14. The van der Waals surface area contributed by atoms with Crippen molar-refractivity contribution in [3.63, 3.8) is 0 Å². The van der Waals surface area contributed by atoms with Crippen LogP contribution in [0.1, 0.15) is 11.8 Å². The van der Waals surface area contributed by atoms with E-state index in [-0.39, 0.29) is 5.56 Å². The van der Waals surface area contributed by atoms with Gasteiger partial charge in [-0.05, 0) is 42.6 Å². The SMILES string of the molecule is CCOc1ccc(Nc2nnc(SCc3cccs3)c(=O)n2C)cc1.